The summed E-state index contributed by atoms with van der Waals surface area (Å²) >= 11 is 2.38. The molecule has 1 saturated heterocycles. The van der Waals surface area contributed by atoms with Gasteiger partial charge in [0.2, 0.25) is 0 Å². The molecule has 0 saturated carbocycles. The Balaban J connectivity index is 1.67. The van der Waals surface area contributed by atoms with Crippen LogP contribution in [-0.2, 0) is 0 Å². The second-order valence-corrected chi connectivity index (χ2v) is 8.12. The van der Waals surface area contributed by atoms with E-state index >= 15 is 0 Å². The minimum Gasteiger partial charge on any atom is -0.340 e. The van der Waals surface area contributed by atoms with Gasteiger partial charge < -0.3 is 15.2 Å². The second kappa shape index (κ2) is 7.43. The van der Waals surface area contributed by atoms with Crippen LogP contribution in [0.5, 0.6) is 0 Å². The molecule has 2 heterocycles. The van der Waals surface area contributed by atoms with Crippen LogP contribution in [0.25, 0.3) is 11.0 Å². The third-order valence-electron chi connectivity index (χ3n) is 4.98. The SMILES string of the molecule is CN1CCC(NC(c2cccc(I)c2)c2nc3ccccc3[nH]2)CC1. The molecule has 0 bridgehead atoms. The maximum atomic E-state index is 4.87. The number of para-hydroxylation sites is 2. The Kier molecular flexibility index (Phi) is 5.05. The van der Waals surface area contributed by atoms with Gasteiger partial charge in [0.05, 0.1) is 17.1 Å². The van der Waals surface area contributed by atoms with Crippen LogP contribution in [0.1, 0.15) is 30.3 Å². The summed E-state index contributed by atoms with van der Waals surface area (Å²) in [5.41, 5.74) is 3.39. The lowest BCUT2D eigenvalue weighted by Crippen LogP contribution is -2.42. The van der Waals surface area contributed by atoms with Gasteiger partial charge in [-0.15, -0.1) is 0 Å². The number of rotatable bonds is 4. The highest BCUT2D eigenvalue weighted by molar-refractivity contribution is 14.1. The number of imidazole rings is 1. The van der Waals surface area contributed by atoms with Gasteiger partial charge in [-0.2, -0.15) is 0 Å². The molecule has 25 heavy (non-hydrogen) atoms. The van der Waals surface area contributed by atoms with Gasteiger partial charge in [0.15, 0.2) is 0 Å². The highest BCUT2D eigenvalue weighted by atomic mass is 127. The zero-order valence-corrected chi connectivity index (χ0v) is 16.5. The van der Waals surface area contributed by atoms with Crippen LogP contribution < -0.4 is 5.32 Å². The molecule has 1 aromatic heterocycles. The maximum absolute atomic E-state index is 4.87. The first kappa shape index (κ1) is 17.0. The molecule has 0 spiro atoms. The van der Waals surface area contributed by atoms with Crippen molar-refractivity contribution in [3.63, 3.8) is 0 Å². The van der Waals surface area contributed by atoms with Crippen LogP contribution in [0.3, 0.4) is 0 Å². The van der Waals surface area contributed by atoms with Gasteiger partial charge in [0.1, 0.15) is 5.82 Å². The van der Waals surface area contributed by atoms with Crippen molar-refractivity contribution in [2.75, 3.05) is 20.1 Å². The quantitative estimate of drug-likeness (QED) is 0.597. The number of H-pyrrole nitrogens is 1. The smallest absolute Gasteiger partial charge is 0.129 e. The van der Waals surface area contributed by atoms with Gasteiger partial charge in [-0.1, -0.05) is 24.3 Å². The zero-order chi connectivity index (χ0) is 17.2. The summed E-state index contributed by atoms with van der Waals surface area (Å²) < 4.78 is 1.25. The van der Waals surface area contributed by atoms with Crippen molar-refractivity contribution in [2.45, 2.75) is 24.9 Å². The molecule has 2 N–H and O–H groups in total. The minimum absolute atomic E-state index is 0.0931. The first-order valence-corrected chi connectivity index (χ1v) is 9.91. The average Bonchev–Trinajstić information content (AvgIpc) is 3.05. The van der Waals surface area contributed by atoms with Crippen LogP contribution in [-0.4, -0.2) is 41.0 Å². The van der Waals surface area contributed by atoms with Crippen molar-refractivity contribution in [3.8, 4) is 0 Å². The van der Waals surface area contributed by atoms with E-state index in [-0.39, 0.29) is 6.04 Å². The topological polar surface area (TPSA) is 44.0 Å². The van der Waals surface area contributed by atoms with E-state index in [0.29, 0.717) is 6.04 Å². The highest BCUT2D eigenvalue weighted by Crippen LogP contribution is 2.26. The molecule has 4 rings (SSSR count). The number of aromatic nitrogens is 2. The molecule has 4 nitrogen and oxygen atoms in total. The van der Waals surface area contributed by atoms with Crippen molar-refractivity contribution < 1.29 is 0 Å². The van der Waals surface area contributed by atoms with Gasteiger partial charge in [-0.3, -0.25) is 0 Å². The molecule has 1 aliphatic heterocycles. The predicted octanol–water partition coefficient (Wildman–Crippen LogP) is 3.94. The van der Waals surface area contributed by atoms with Crippen molar-refractivity contribution in [1.29, 1.82) is 0 Å². The van der Waals surface area contributed by atoms with E-state index in [4.69, 9.17) is 4.98 Å². The van der Waals surface area contributed by atoms with E-state index in [1.165, 1.54) is 22.0 Å². The van der Waals surface area contributed by atoms with Crippen LogP contribution in [0.2, 0.25) is 0 Å². The first-order valence-electron chi connectivity index (χ1n) is 8.84. The maximum Gasteiger partial charge on any atom is 0.129 e. The van der Waals surface area contributed by atoms with Crippen molar-refractivity contribution in [1.82, 2.24) is 20.2 Å². The molecule has 1 atom stereocenters. The van der Waals surface area contributed by atoms with Crippen molar-refractivity contribution >= 4 is 33.6 Å². The van der Waals surface area contributed by atoms with E-state index in [1.807, 2.05) is 6.07 Å². The van der Waals surface area contributed by atoms with Crippen LogP contribution in [0.4, 0.5) is 0 Å². The first-order chi connectivity index (χ1) is 12.2. The van der Waals surface area contributed by atoms with Crippen LogP contribution >= 0.6 is 22.6 Å². The number of likely N-dealkylation sites (tertiary alicyclic amines) is 1. The number of halogens is 1. The minimum atomic E-state index is 0.0931. The Labute approximate surface area is 162 Å². The normalized spacial score (nSPS) is 17.8. The predicted molar refractivity (Wildman–Crippen MR) is 111 cm³/mol. The Bertz CT molecular complexity index is 819. The molecule has 3 aromatic rings. The van der Waals surface area contributed by atoms with Gasteiger partial charge in [0, 0.05) is 9.61 Å². The third kappa shape index (κ3) is 3.88. The summed E-state index contributed by atoms with van der Waals surface area (Å²) in [6.07, 6.45) is 2.36. The number of piperidine rings is 1. The fourth-order valence-corrected chi connectivity index (χ4v) is 4.11. The second-order valence-electron chi connectivity index (χ2n) is 6.87. The largest absolute Gasteiger partial charge is 0.340 e. The van der Waals surface area contributed by atoms with Gasteiger partial charge in [0.25, 0.3) is 0 Å². The molecule has 1 unspecified atom stereocenters. The Hall–Kier alpha value is -1.44. The molecular formula is C20H23IN4. The molecule has 2 aromatic carbocycles. The molecule has 130 valence electrons. The van der Waals surface area contributed by atoms with E-state index in [2.05, 4.69) is 87.3 Å². The molecule has 1 fully saturated rings. The summed E-state index contributed by atoms with van der Waals surface area (Å²) in [4.78, 5) is 10.8. The van der Waals surface area contributed by atoms with E-state index < -0.39 is 0 Å². The third-order valence-corrected chi connectivity index (χ3v) is 5.66. The molecule has 5 heteroatoms. The van der Waals surface area contributed by atoms with Gasteiger partial charge >= 0.3 is 0 Å². The molecule has 0 aliphatic carbocycles. The summed E-state index contributed by atoms with van der Waals surface area (Å²) in [7, 11) is 2.20. The average molecular weight is 446 g/mol. The molecule has 0 radical (unpaired) electrons. The highest BCUT2D eigenvalue weighted by Gasteiger charge is 2.24. The lowest BCUT2D eigenvalue weighted by molar-refractivity contribution is 0.228. The lowest BCUT2D eigenvalue weighted by Gasteiger charge is -2.32. The number of benzene rings is 2. The Morgan fingerprint density at radius 2 is 1.96 bits per heavy atom. The van der Waals surface area contributed by atoms with Crippen LogP contribution in [0, 0.1) is 3.57 Å². The monoisotopic (exact) mass is 446 g/mol. The van der Waals surface area contributed by atoms with Gasteiger partial charge in [-0.25, -0.2) is 4.98 Å². The molecule has 0 amide bonds. The number of aromatic amines is 1. The number of hydrogen-bond donors (Lipinski definition) is 2. The van der Waals surface area contributed by atoms with E-state index in [1.54, 1.807) is 0 Å². The summed E-state index contributed by atoms with van der Waals surface area (Å²) in [5, 5.41) is 3.87. The summed E-state index contributed by atoms with van der Waals surface area (Å²) in [6, 6.07) is 17.6. The van der Waals surface area contributed by atoms with E-state index in [9.17, 15) is 0 Å². The van der Waals surface area contributed by atoms with E-state index in [0.717, 1.165) is 29.9 Å². The number of nitrogens with zero attached hydrogens (tertiary/aromatic N) is 2. The van der Waals surface area contributed by atoms with Crippen molar-refractivity contribution in [3.05, 3.63) is 63.5 Å². The number of hydrogen-bond acceptors (Lipinski definition) is 3. The Morgan fingerprint density at radius 1 is 1.16 bits per heavy atom. The molecule has 1 aliphatic rings. The summed E-state index contributed by atoms with van der Waals surface area (Å²) in [6.45, 7) is 2.30. The fraction of sp³-hybridized carbons (Fsp3) is 0.350. The molecular weight excluding hydrogens is 423 g/mol. The number of nitrogens with one attached hydrogen (secondary N) is 2. The van der Waals surface area contributed by atoms with Crippen molar-refractivity contribution in [2.24, 2.45) is 0 Å². The number of fused-ring (bicyclic) bond motifs is 1. The standard InChI is InChI=1S/C20H23IN4/c1-25-11-9-16(10-12-25)22-19(14-5-4-6-15(21)13-14)20-23-17-7-2-3-8-18(17)24-20/h2-8,13,16,19,22H,9-12H2,1H3,(H,23,24). The van der Waals surface area contributed by atoms with Gasteiger partial charge in [-0.05, 0) is 85.4 Å². The summed E-state index contributed by atoms with van der Waals surface area (Å²) in [5.74, 6) is 1.00. The van der Waals surface area contributed by atoms with Crippen LogP contribution in [0.15, 0.2) is 48.5 Å². The fourth-order valence-electron chi connectivity index (χ4n) is 3.54. The Morgan fingerprint density at radius 3 is 2.72 bits per heavy atom. The lowest BCUT2D eigenvalue weighted by atomic mass is 10.0. The zero-order valence-electron chi connectivity index (χ0n) is 14.4.